The Balaban J connectivity index is 1.63. The van der Waals surface area contributed by atoms with Crippen LogP contribution in [0.3, 0.4) is 0 Å². The number of nitrogens with one attached hydrogen (secondary N) is 1. The standard InChI is InChI=1S/C19H25FN4O2/c1-12(25)22-9-17-14-8-13(16-5-2-6-18(26)24(16)17)10-23(11-14)19-15(20)4-3-7-21-19/h3-4,7,13-14,16-17H,2,5-6,8-11H2,1H3,(H,22,25)/t13-,14+,16+,17+/m1/s1. The van der Waals surface area contributed by atoms with Crippen molar-refractivity contribution >= 4 is 17.6 Å². The maximum atomic E-state index is 14.3. The van der Waals surface area contributed by atoms with Crippen molar-refractivity contribution in [3.63, 3.8) is 0 Å². The third kappa shape index (κ3) is 3.04. The van der Waals surface area contributed by atoms with E-state index in [2.05, 4.69) is 10.3 Å². The van der Waals surface area contributed by atoms with Gasteiger partial charge in [0.25, 0.3) is 0 Å². The monoisotopic (exact) mass is 360 g/mol. The molecule has 1 aromatic rings. The number of halogens is 1. The second-order valence-corrected chi connectivity index (χ2v) is 7.73. The molecule has 3 saturated heterocycles. The van der Waals surface area contributed by atoms with Crippen LogP contribution in [0, 0.1) is 17.7 Å². The molecule has 4 atom stereocenters. The van der Waals surface area contributed by atoms with Gasteiger partial charge >= 0.3 is 0 Å². The topological polar surface area (TPSA) is 65.5 Å². The molecule has 2 bridgehead atoms. The van der Waals surface area contributed by atoms with Crippen molar-refractivity contribution in [1.29, 1.82) is 0 Å². The molecule has 140 valence electrons. The van der Waals surface area contributed by atoms with Crippen LogP contribution in [-0.4, -0.2) is 53.4 Å². The van der Waals surface area contributed by atoms with E-state index in [9.17, 15) is 14.0 Å². The Hall–Kier alpha value is -2.18. The number of hydrogen-bond acceptors (Lipinski definition) is 4. The maximum Gasteiger partial charge on any atom is 0.223 e. The van der Waals surface area contributed by atoms with Crippen molar-refractivity contribution < 1.29 is 14.0 Å². The number of rotatable bonds is 3. The highest BCUT2D eigenvalue weighted by Crippen LogP contribution is 2.42. The van der Waals surface area contributed by atoms with Crippen molar-refractivity contribution in [2.75, 3.05) is 24.5 Å². The summed E-state index contributed by atoms with van der Waals surface area (Å²) in [4.78, 5) is 32.4. The average molecular weight is 360 g/mol. The molecule has 4 rings (SSSR count). The molecule has 0 unspecified atom stereocenters. The van der Waals surface area contributed by atoms with Gasteiger partial charge in [0.05, 0.1) is 6.04 Å². The molecule has 2 amide bonds. The van der Waals surface area contributed by atoms with Crippen LogP contribution in [0.15, 0.2) is 18.3 Å². The fourth-order valence-electron chi connectivity index (χ4n) is 5.07. The molecule has 3 aliphatic heterocycles. The molecular formula is C19H25FN4O2. The van der Waals surface area contributed by atoms with Gasteiger partial charge in [-0.15, -0.1) is 0 Å². The minimum absolute atomic E-state index is 0.0254. The van der Waals surface area contributed by atoms with Crippen molar-refractivity contribution in [3.05, 3.63) is 24.1 Å². The molecule has 0 aliphatic carbocycles. The van der Waals surface area contributed by atoms with E-state index < -0.39 is 0 Å². The number of amides is 2. The summed E-state index contributed by atoms with van der Waals surface area (Å²) in [5, 5.41) is 2.90. The van der Waals surface area contributed by atoms with Crippen molar-refractivity contribution in [3.8, 4) is 0 Å². The number of pyridine rings is 1. The fourth-order valence-corrected chi connectivity index (χ4v) is 5.07. The van der Waals surface area contributed by atoms with Gasteiger partial charge in [0.15, 0.2) is 11.6 Å². The normalized spacial score (nSPS) is 30.8. The summed E-state index contributed by atoms with van der Waals surface area (Å²) in [6, 6.07) is 3.20. The lowest BCUT2D eigenvalue weighted by Crippen LogP contribution is -2.67. The molecule has 4 heterocycles. The Bertz CT molecular complexity index is 713. The summed E-state index contributed by atoms with van der Waals surface area (Å²) < 4.78 is 14.3. The van der Waals surface area contributed by atoms with Crippen LogP contribution < -0.4 is 10.2 Å². The highest BCUT2D eigenvalue weighted by Gasteiger charge is 2.49. The molecule has 3 aliphatic rings. The zero-order valence-electron chi connectivity index (χ0n) is 15.0. The molecule has 1 aromatic heterocycles. The molecule has 26 heavy (non-hydrogen) atoms. The van der Waals surface area contributed by atoms with Crippen LogP contribution in [-0.2, 0) is 9.59 Å². The lowest BCUT2D eigenvalue weighted by molar-refractivity contribution is -0.149. The summed E-state index contributed by atoms with van der Waals surface area (Å²) in [7, 11) is 0. The molecule has 0 aromatic carbocycles. The summed E-state index contributed by atoms with van der Waals surface area (Å²) in [6.45, 7) is 3.35. The van der Waals surface area contributed by atoms with Crippen LogP contribution in [0.25, 0.3) is 0 Å². The zero-order chi connectivity index (χ0) is 18.3. The predicted octanol–water partition coefficient (Wildman–Crippen LogP) is 1.56. The maximum absolute atomic E-state index is 14.3. The SMILES string of the molecule is CC(=O)NC[C@H]1[C@H]2C[C@H](CN(c3ncccc3F)C2)[C@@H]2CCCC(=O)N21. The number of aromatic nitrogens is 1. The van der Waals surface area contributed by atoms with E-state index in [4.69, 9.17) is 0 Å². The van der Waals surface area contributed by atoms with E-state index in [1.54, 1.807) is 12.3 Å². The largest absolute Gasteiger partial charge is 0.354 e. The molecule has 3 fully saturated rings. The third-order valence-electron chi connectivity index (χ3n) is 6.10. The summed E-state index contributed by atoms with van der Waals surface area (Å²) in [6.07, 6.45) is 5.12. The molecule has 0 spiro atoms. The van der Waals surface area contributed by atoms with Crippen LogP contribution in [0.2, 0.25) is 0 Å². The number of hydrogen-bond donors (Lipinski definition) is 1. The molecular weight excluding hydrogens is 335 g/mol. The second-order valence-electron chi connectivity index (χ2n) is 7.73. The van der Waals surface area contributed by atoms with E-state index in [1.807, 2.05) is 9.80 Å². The van der Waals surface area contributed by atoms with Crippen molar-refractivity contribution in [1.82, 2.24) is 15.2 Å². The van der Waals surface area contributed by atoms with Crippen molar-refractivity contribution in [2.24, 2.45) is 11.8 Å². The molecule has 6 nitrogen and oxygen atoms in total. The van der Waals surface area contributed by atoms with Crippen LogP contribution >= 0.6 is 0 Å². The Morgan fingerprint density at radius 2 is 2.19 bits per heavy atom. The van der Waals surface area contributed by atoms with E-state index in [1.165, 1.54) is 13.0 Å². The zero-order valence-corrected chi connectivity index (χ0v) is 15.0. The fraction of sp³-hybridized carbons (Fsp3) is 0.632. The van der Waals surface area contributed by atoms with E-state index in [0.717, 1.165) is 25.8 Å². The van der Waals surface area contributed by atoms with Gasteiger partial charge < -0.3 is 15.1 Å². The molecule has 0 saturated carbocycles. The smallest absolute Gasteiger partial charge is 0.223 e. The lowest BCUT2D eigenvalue weighted by Gasteiger charge is -2.56. The van der Waals surface area contributed by atoms with Gasteiger partial charge in [0.1, 0.15) is 0 Å². The van der Waals surface area contributed by atoms with Gasteiger partial charge in [0.2, 0.25) is 11.8 Å². The Morgan fingerprint density at radius 3 is 2.96 bits per heavy atom. The summed E-state index contributed by atoms with van der Waals surface area (Å²) >= 11 is 0. The van der Waals surface area contributed by atoms with Crippen LogP contribution in [0.4, 0.5) is 10.2 Å². The summed E-state index contributed by atoms with van der Waals surface area (Å²) in [5.74, 6) is 0.743. The lowest BCUT2D eigenvalue weighted by atomic mass is 9.72. The van der Waals surface area contributed by atoms with E-state index >= 15 is 0 Å². The highest BCUT2D eigenvalue weighted by molar-refractivity contribution is 5.78. The Labute approximate surface area is 152 Å². The Kier molecular flexibility index (Phi) is 4.54. The van der Waals surface area contributed by atoms with Gasteiger partial charge in [0, 0.05) is 45.2 Å². The first-order chi connectivity index (χ1) is 12.5. The number of piperidine rings is 3. The number of nitrogens with zero attached hydrogens (tertiary/aromatic N) is 3. The van der Waals surface area contributed by atoms with Crippen molar-refractivity contribution in [2.45, 2.75) is 44.7 Å². The molecule has 0 radical (unpaired) electrons. The van der Waals surface area contributed by atoms with Gasteiger partial charge in [-0.25, -0.2) is 9.37 Å². The second kappa shape index (κ2) is 6.85. The van der Waals surface area contributed by atoms with E-state index in [0.29, 0.717) is 31.2 Å². The number of carbonyl (C=O) groups excluding carboxylic acids is 2. The first kappa shape index (κ1) is 17.2. The summed E-state index contributed by atoms with van der Waals surface area (Å²) in [5.41, 5.74) is 0. The molecule has 7 heteroatoms. The highest BCUT2D eigenvalue weighted by atomic mass is 19.1. The minimum Gasteiger partial charge on any atom is -0.354 e. The van der Waals surface area contributed by atoms with Gasteiger partial charge in [-0.05, 0) is 43.2 Å². The first-order valence-electron chi connectivity index (χ1n) is 9.45. The number of fused-ring (bicyclic) bond motifs is 4. The van der Waals surface area contributed by atoms with Crippen LogP contribution in [0.5, 0.6) is 0 Å². The minimum atomic E-state index is -0.303. The Morgan fingerprint density at radius 1 is 1.38 bits per heavy atom. The average Bonchev–Trinajstić information content (AvgIpc) is 2.62. The van der Waals surface area contributed by atoms with E-state index in [-0.39, 0.29) is 35.6 Å². The third-order valence-corrected chi connectivity index (χ3v) is 6.10. The van der Waals surface area contributed by atoms with Gasteiger partial charge in [-0.3, -0.25) is 9.59 Å². The number of carbonyl (C=O) groups is 2. The molecule has 1 N–H and O–H groups in total. The first-order valence-corrected chi connectivity index (χ1v) is 9.45. The van der Waals surface area contributed by atoms with Gasteiger partial charge in [-0.1, -0.05) is 0 Å². The van der Waals surface area contributed by atoms with Gasteiger partial charge in [-0.2, -0.15) is 0 Å². The number of anilines is 1. The van der Waals surface area contributed by atoms with Crippen LogP contribution in [0.1, 0.15) is 32.6 Å². The predicted molar refractivity (Wildman–Crippen MR) is 95.0 cm³/mol. The quantitative estimate of drug-likeness (QED) is 0.889.